The Morgan fingerprint density at radius 2 is 2.00 bits per heavy atom. The van der Waals surface area contributed by atoms with Gasteiger partial charge in [0.15, 0.2) is 0 Å². The van der Waals surface area contributed by atoms with Crippen molar-refractivity contribution in [2.24, 2.45) is 0 Å². The lowest BCUT2D eigenvalue weighted by molar-refractivity contribution is 0.0970. The number of nitrogens with zero attached hydrogens (tertiary/aromatic N) is 1. The van der Waals surface area contributed by atoms with E-state index in [0.717, 1.165) is 35.9 Å². The van der Waals surface area contributed by atoms with Crippen molar-refractivity contribution < 1.29 is 9.50 Å². The van der Waals surface area contributed by atoms with E-state index < -0.39 is 6.10 Å². The van der Waals surface area contributed by atoms with Gasteiger partial charge in [-0.3, -0.25) is 0 Å². The van der Waals surface area contributed by atoms with Crippen LogP contribution in [-0.2, 0) is 0 Å². The van der Waals surface area contributed by atoms with Crippen LogP contribution in [0.4, 0.5) is 4.39 Å². The summed E-state index contributed by atoms with van der Waals surface area (Å²) in [4.78, 5) is 0. The molecule has 0 saturated carbocycles. The first kappa shape index (κ1) is 15.4. The van der Waals surface area contributed by atoms with Crippen LogP contribution in [0.2, 0.25) is 0 Å². The summed E-state index contributed by atoms with van der Waals surface area (Å²) in [7, 11) is 0. The fraction of sp³-hybridized carbons (Fsp3) is 0.300. The molecule has 2 N–H and O–H groups in total. The van der Waals surface area contributed by atoms with Crippen molar-refractivity contribution in [2.75, 3.05) is 6.54 Å². The Morgan fingerprint density at radius 1 is 1.12 bits per heavy atom. The minimum atomic E-state index is -0.620. The first-order chi connectivity index (χ1) is 11.7. The Morgan fingerprint density at radius 3 is 2.79 bits per heavy atom. The normalized spacial score (nSPS) is 20.3. The highest BCUT2D eigenvalue weighted by Crippen LogP contribution is 2.31. The molecule has 0 radical (unpaired) electrons. The maximum atomic E-state index is 13.8. The number of nitrogens with one attached hydrogen (secondary N) is 1. The van der Waals surface area contributed by atoms with E-state index in [2.05, 4.69) is 16.0 Å². The molecule has 3 aromatic rings. The van der Waals surface area contributed by atoms with Gasteiger partial charge in [0.1, 0.15) is 5.82 Å². The first-order valence-electron chi connectivity index (χ1n) is 8.46. The Labute approximate surface area is 140 Å². The summed E-state index contributed by atoms with van der Waals surface area (Å²) in [5.74, 6) is -0.277. The fourth-order valence-electron chi connectivity index (χ4n) is 3.78. The zero-order valence-electron chi connectivity index (χ0n) is 13.4. The molecule has 1 saturated heterocycles. The number of aliphatic hydroxyl groups excluding tert-OH is 1. The van der Waals surface area contributed by atoms with Gasteiger partial charge in [0.25, 0.3) is 0 Å². The second-order valence-corrected chi connectivity index (χ2v) is 6.48. The minimum absolute atomic E-state index is 0.0272. The van der Waals surface area contributed by atoms with Crippen LogP contribution < -0.4 is 5.32 Å². The third kappa shape index (κ3) is 2.72. The molecule has 4 heteroatoms. The van der Waals surface area contributed by atoms with Gasteiger partial charge >= 0.3 is 0 Å². The molecule has 0 bridgehead atoms. The van der Waals surface area contributed by atoms with Gasteiger partial charge in [-0.2, -0.15) is 0 Å². The monoisotopic (exact) mass is 324 g/mol. The van der Waals surface area contributed by atoms with Crippen molar-refractivity contribution in [3.8, 4) is 0 Å². The first-order valence-corrected chi connectivity index (χ1v) is 8.46. The standard InChI is InChI=1S/C20H21FN2O/c21-16-7-3-6-15(13-16)19(20(24)17-8-4-11-22-17)23-12-10-14-5-1-2-9-18(14)23/h1-3,5-7,9-10,12-13,17,19-20,22,24H,4,8,11H2/t17?,19?,20-/m0/s1. The number of para-hydroxylation sites is 1. The highest BCUT2D eigenvalue weighted by Gasteiger charge is 2.32. The van der Waals surface area contributed by atoms with Gasteiger partial charge in [0.05, 0.1) is 12.1 Å². The Balaban J connectivity index is 1.83. The molecule has 0 aliphatic carbocycles. The van der Waals surface area contributed by atoms with Gasteiger partial charge in [0, 0.05) is 17.8 Å². The van der Waals surface area contributed by atoms with E-state index in [0.29, 0.717) is 0 Å². The number of benzene rings is 2. The third-order valence-corrected chi connectivity index (χ3v) is 4.95. The van der Waals surface area contributed by atoms with Crippen LogP contribution in [0.3, 0.4) is 0 Å². The van der Waals surface area contributed by atoms with Gasteiger partial charge in [0.2, 0.25) is 0 Å². The van der Waals surface area contributed by atoms with Crippen molar-refractivity contribution in [2.45, 2.75) is 31.0 Å². The summed E-state index contributed by atoms with van der Waals surface area (Å²) in [5, 5.41) is 15.6. The molecule has 0 spiro atoms. The van der Waals surface area contributed by atoms with E-state index in [1.165, 1.54) is 12.1 Å². The summed E-state index contributed by atoms with van der Waals surface area (Å²) in [6.07, 6.45) is 3.36. The smallest absolute Gasteiger partial charge is 0.123 e. The lowest BCUT2D eigenvalue weighted by atomic mass is 9.94. The van der Waals surface area contributed by atoms with Crippen LogP contribution in [0.25, 0.3) is 10.9 Å². The van der Waals surface area contributed by atoms with E-state index >= 15 is 0 Å². The maximum absolute atomic E-state index is 13.8. The molecule has 2 aromatic carbocycles. The van der Waals surface area contributed by atoms with Gasteiger partial charge in [-0.25, -0.2) is 4.39 Å². The molecule has 1 aliphatic rings. The molecule has 1 aliphatic heterocycles. The zero-order chi connectivity index (χ0) is 16.5. The summed E-state index contributed by atoms with van der Waals surface area (Å²) in [5.41, 5.74) is 1.83. The van der Waals surface area contributed by atoms with Crippen molar-refractivity contribution in [1.29, 1.82) is 0 Å². The quantitative estimate of drug-likeness (QED) is 0.771. The molecular weight excluding hydrogens is 303 g/mol. The lowest BCUT2D eigenvalue weighted by Gasteiger charge is -2.30. The van der Waals surface area contributed by atoms with Crippen LogP contribution in [0, 0.1) is 5.82 Å². The number of aromatic nitrogens is 1. The van der Waals surface area contributed by atoms with Crippen LogP contribution >= 0.6 is 0 Å². The van der Waals surface area contributed by atoms with Gasteiger partial charge in [-0.05, 0) is 54.6 Å². The molecular formula is C20H21FN2O. The van der Waals surface area contributed by atoms with Crippen molar-refractivity contribution in [3.05, 3.63) is 72.2 Å². The largest absolute Gasteiger partial charge is 0.389 e. The summed E-state index contributed by atoms with van der Waals surface area (Å²) >= 11 is 0. The predicted molar refractivity (Wildman–Crippen MR) is 93.5 cm³/mol. The highest BCUT2D eigenvalue weighted by molar-refractivity contribution is 5.80. The number of fused-ring (bicyclic) bond motifs is 1. The third-order valence-electron chi connectivity index (χ3n) is 4.95. The average molecular weight is 324 g/mol. The van der Waals surface area contributed by atoms with Crippen LogP contribution in [0.1, 0.15) is 24.4 Å². The van der Waals surface area contributed by atoms with Gasteiger partial charge in [-0.1, -0.05) is 30.3 Å². The number of rotatable bonds is 4. The summed E-state index contributed by atoms with van der Waals surface area (Å²) < 4.78 is 15.9. The second kappa shape index (κ2) is 6.38. The van der Waals surface area contributed by atoms with Crippen molar-refractivity contribution >= 4 is 10.9 Å². The molecule has 24 heavy (non-hydrogen) atoms. The number of aliphatic hydroxyl groups is 1. The van der Waals surface area contributed by atoms with E-state index in [-0.39, 0.29) is 17.9 Å². The number of hydrogen-bond donors (Lipinski definition) is 2. The van der Waals surface area contributed by atoms with E-state index in [4.69, 9.17) is 0 Å². The van der Waals surface area contributed by atoms with E-state index in [1.54, 1.807) is 6.07 Å². The molecule has 3 atom stereocenters. The second-order valence-electron chi connectivity index (χ2n) is 6.48. The molecule has 124 valence electrons. The van der Waals surface area contributed by atoms with Crippen LogP contribution in [0.5, 0.6) is 0 Å². The molecule has 4 rings (SSSR count). The molecule has 3 nitrogen and oxygen atoms in total. The maximum Gasteiger partial charge on any atom is 0.123 e. The number of halogens is 1. The summed E-state index contributed by atoms with van der Waals surface area (Å²) in [6.45, 7) is 0.921. The Bertz CT molecular complexity index is 838. The predicted octanol–water partition coefficient (Wildman–Crippen LogP) is 3.48. The van der Waals surface area contributed by atoms with Crippen molar-refractivity contribution in [3.63, 3.8) is 0 Å². The Kier molecular flexibility index (Phi) is 4.08. The minimum Gasteiger partial charge on any atom is -0.389 e. The van der Waals surface area contributed by atoms with Gasteiger partial charge < -0.3 is 15.0 Å². The highest BCUT2D eigenvalue weighted by atomic mass is 19.1. The van der Waals surface area contributed by atoms with E-state index in [9.17, 15) is 9.50 Å². The summed E-state index contributed by atoms with van der Waals surface area (Å²) in [6, 6.07) is 16.4. The Hall–Kier alpha value is -2.17. The molecule has 2 unspecified atom stereocenters. The van der Waals surface area contributed by atoms with Crippen molar-refractivity contribution in [1.82, 2.24) is 9.88 Å². The van der Waals surface area contributed by atoms with Crippen LogP contribution in [-0.4, -0.2) is 28.4 Å². The lowest BCUT2D eigenvalue weighted by Crippen LogP contribution is -2.41. The molecule has 1 aromatic heterocycles. The van der Waals surface area contributed by atoms with Gasteiger partial charge in [-0.15, -0.1) is 0 Å². The van der Waals surface area contributed by atoms with Crippen LogP contribution in [0.15, 0.2) is 60.8 Å². The molecule has 2 heterocycles. The SMILES string of the molecule is O[C@@H](C1CCCN1)C(c1cccc(F)c1)n1ccc2ccccc21. The number of hydrogen-bond acceptors (Lipinski definition) is 2. The average Bonchev–Trinajstić information content (AvgIpc) is 3.25. The fourth-order valence-corrected chi connectivity index (χ4v) is 3.78. The van der Waals surface area contributed by atoms with E-state index in [1.807, 2.05) is 36.5 Å². The molecule has 1 fully saturated rings. The topological polar surface area (TPSA) is 37.2 Å². The zero-order valence-corrected chi connectivity index (χ0v) is 13.4. The molecule has 0 amide bonds.